The van der Waals surface area contributed by atoms with Gasteiger partial charge in [-0.15, -0.1) is 11.8 Å². The summed E-state index contributed by atoms with van der Waals surface area (Å²) in [4.78, 5) is 23.9. The Kier molecular flexibility index (Phi) is 6.91. The number of rotatable bonds is 6. The van der Waals surface area contributed by atoms with Gasteiger partial charge in [0.1, 0.15) is 0 Å². The molecule has 0 aliphatic carbocycles. The van der Waals surface area contributed by atoms with Crippen LogP contribution in [0.5, 0.6) is 0 Å². The Labute approximate surface area is 156 Å². The molecule has 0 saturated heterocycles. The first-order valence-corrected chi connectivity index (χ1v) is 9.20. The number of hydrogen-bond donors (Lipinski definition) is 1. The smallest absolute Gasteiger partial charge is 0.337 e. The molecule has 4 nitrogen and oxygen atoms in total. The van der Waals surface area contributed by atoms with Crippen molar-refractivity contribution in [1.82, 2.24) is 0 Å². The number of ether oxygens (including phenoxy) is 1. The molecule has 2 rings (SSSR count). The Morgan fingerprint density at radius 1 is 1.24 bits per heavy atom. The highest BCUT2D eigenvalue weighted by molar-refractivity contribution is 7.99. The Balaban J connectivity index is 1.95. The molecular formula is C19H20ClNO3S. The summed E-state index contributed by atoms with van der Waals surface area (Å²) in [5.74, 6) is 0.169. The number of nitrogens with one attached hydrogen (secondary N) is 1. The molecule has 0 fully saturated rings. The molecule has 2 aromatic carbocycles. The van der Waals surface area contributed by atoms with E-state index in [1.54, 1.807) is 24.3 Å². The van der Waals surface area contributed by atoms with E-state index in [0.717, 1.165) is 16.8 Å². The third-order valence-electron chi connectivity index (χ3n) is 3.74. The first kappa shape index (κ1) is 19.3. The predicted octanol–water partition coefficient (Wildman–Crippen LogP) is 4.70. The maximum Gasteiger partial charge on any atom is 0.337 e. The molecule has 1 atom stereocenters. The quantitative estimate of drug-likeness (QED) is 0.741. The molecule has 0 aliphatic heterocycles. The first-order chi connectivity index (χ1) is 11.9. The second-order valence-corrected chi connectivity index (χ2v) is 7.28. The van der Waals surface area contributed by atoms with Crippen LogP contribution in [0, 0.1) is 6.92 Å². The van der Waals surface area contributed by atoms with Gasteiger partial charge in [-0.2, -0.15) is 0 Å². The number of halogens is 1. The number of carbonyl (C=O) groups excluding carboxylic acids is 2. The number of amides is 1. The van der Waals surface area contributed by atoms with Crippen molar-refractivity contribution in [2.75, 3.05) is 12.4 Å². The minimum atomic E-state index is -0.367. The average molecular weight is 378 g/mol. The van der Waals surface area contributed by atoms with Gasteiger partial charge in [0.25, 0.3) is 0 Å². The van der Waals surface area contributed by atoms with Gasteiger partial charge in [0.15, 0.2) is 0 Å². The van der Waals surface area contributed by atoms with E-state index in [-0.39, 0.29) is 17.1 Å². The van der Waals surface area contributed by atoms with Crippen LogP contribution in [0.4, 0.5) is 5.69 Å². The number of thioether (sulfide) groups is 1. The summed E-state index contributed by atoms with van der Waals surface area (Å²) in [6.45, 7) is 3.72. The highest BCUT2D eigenvalue weighted by Gasteiger charge is 2.15. The van der Waals surface area contributed by atoms with E-state index >= 15 is 0 Å². The lowest BCUT2D eigenvalue weighted by Gasteiger charge is -2.14. The van der Waals surface area contributed by atoms with E-state index in [1.165, 1.54) is 18.9 Å². The summed E-state index contributed by atoms with van der Waals surface area (Å²) in [5, 5.41) is 3.28. The number of benzene rings is 2. The molecule has 1 N–H and O–H groups in total. The van der Waals surface area contributed by atoms with Gasteiger partial charge in [0.05, 0.1) is 17.9 Å². The lowest BCUT2D eigenvalue weighted by atomic mass is 10.1. The fourth-order valence-corrected chi connectivity index (χ4v) is 3.19. The van der Waals surface area contributed by atoms with Crippen LogP contribution in [0.15, 0.2) is 42.5 Å². The van der Waals surface area contributed by atoms with E-state index in [2.05, 4.69) is 5.32 Å². The van der Waals surface area contributed by atoms with Crippen LogP contribution in [-0.4, -0.2) is 24.2 Å². The minimum absolute atomic E-state index is 0.0838. The molecule has 1 amide bonds. The summed E-state index contributed by atoms with van der Waals surface area (Å²) in [7, 11) is 1.36. The van der Waals surface area contributed by atoms with Gasteiger partial charge in [-0.25, -0.2) is 4.79 Å². The molecule has 0 aliphatic rings. The Morgan fingerprint density at radius 3 is 2.68 bits per heavy atom. The van der Waals surface area contributed by atoms with Gasteiger partial charge in [-0.1, -0.05) is 29.8 Å². The Morgan fingerprint density at radius 2 is 1.96 bits per heavy atom. The molecular weight excluding hydrogens is 358 g/mol. The Hall–Kier alpha value is -1.98. The molecule has 6 heteroatoms. The molecule has 2 aromatic rings. The minimum Gasteiger partial charge on any atom is -0.465 e. The third-order valence-corrected chi connectivity index (χ3v) is 5.37. The highest BCUT2D eigenvalue weighted by atomic mass is 35.5. The summed E-state index contributed by atoms with van der Waals surface area (Å²) in [5.41, 5.74) is 3.04. The maximum atomic E-state index is 12.4. The molecule has 1 unspecified atom stereocenters. The van der Waals surface area contributed by atoms with Crippen molar-refractivity contribution < 1.29 is 14.3 Å². The van der Waals surface area contributed by atoms with Gasteiger partial charge in [-0.3, -0.25) is 4.79 Å². The van der Waals surface area contributed by atoms with Crippen molar-refractivity contribution in [3.8, 4) is 0 Å². The lowest BCUT2D eigenvalue weighted by Crippen LogP contribution is -2.23. The van der Waals surface area contributed by atoms with Crippen LogP contribution in [-0.2, 0) is 15.3 Å². The van der Waals surface area contributed by atoms with Crippen LogP contribution in [0.1, 0.15) is 28.4 Å². The maximum absolute atomic E-state index is 12.4. The van der Waals surface area contributed by atoms with Gasteiger partial charge in [0.2, 0.25) is 5.91 Å². The second-order valence-electron chi connectivity index (χ2n) is 5.55. The number of carbonyl (C=O) groups is 2. The van der Waals surface area contributed by atoms with E-state index in [0.29, 0.717) is 16.3 Å². The van der Waals surface area contributed by atoms with Gasteiger partial charge in [-0.05, 0) is 49.2 Å². The van der Waals surface area contributed by atoms with Crippen LogP contribution < -0.4 is 5.32 Å². The summed E-state index contributed by atoms with van der Waals surface area (Å²) >= 11 is 7.57. The zero-order valence-corrected chi connectivity index (χ0v) is 15.9. The van der Waals surface area contributed by atoms with Crippen LogP contribution in [0.2, 0.25) is 5.02 Å². The normalized spacial score (nSPS) is 11.7. The lowest BCUT2D eigenvalue weighted by molar-refractivity contribution is -0.115. The fraction of sp³-hybridized carbons (Fsp3) is 0.263. The molecule has 0 saturated carbocycles. The summed E-state index contributed by atoms with van der Waals surface area (Å²) in [6.07, 6.45) is 0. The average Bonchev–Trinajstić information content (AvgIpc) is 2.63. The predicted molar refractivity (Wildman–Crippen MR) is 103 cm³/mol. The first-order valence-electron chi connectivity index (χ1n) is 7.77. The highest BCUT2D eigenvalue weighted by Crippen LogP contribution is 2.25. The molecule has 0 aromatic heterocycles. The van der Waals surface area contributed by atoms with Crippen molar-refractivity contribution in [1.29, 1.82) is 0 Å². The molecule has 0 spiro atoms. The van der Waals surface area contributed by atoms with Crippen molar-refractivity contribution in [2.45, 2.75) is 24.9 Å². The molecule has 132 valence electrons. The molecule has 25 heavy (non-hydrogen) atoms. The summed E-state index contributed by atoms with van der Waals surface area (Å²) in [6, 6.07) is 12.6. The number of anilines is 1. The van der Waals surface area contributed by atoms with Gasteiger partial charge < -0.3 is 10.1 Å². The van der Waals surface area contributed by atoms with E-state index < -0.39 is 0 Å². The Bertz CT molecular complexity index is 779. The number of esters is 1. The number of hydrogen-bond acceptors (Lipinski definition) is 4. The SMILES string of the molecule is COC(=O)c1cccc(CSC(C)C(=O)Nc2cccc(Cl)c2C)c1. The summed E-state index contributed by atoms with van der Waals surface area (Å²) < 4.78 is 4.72. The second kappa shape index (κ2) is 8.92. The number of methoxy groups -OCH3 is 1. The van der Waals surface area contributed by atoms with E-state index in [9.17, 15) is 9.59 Å². The fourth-order valence-electron chi connectivity index (χ4n) is 2.18. The third kappa shape index (κ3) is 5.25. The van der Waals surface area contributed by atoms with Crippen molar-refractivity contribution in [2.24, 2.45) is 0 Å². The zero-order chi connectivity index (χ0) is 18.4. The van der Waals surface area contributed by atoms with E-state index in [4.69, 9.17) is 16.3 Å². The van der Waals surface area contributed by atoms with Crippen LogP contribution >= 0.6 is 23.4 Å². The molecule has 0 radical (unpaired) electrons. The van der Waals surface area contributed by atoms with Crippen molar-refractivity contribution in [3.05, 3.63) is 64.2 Å². The van der Waals surface area contributed by atoms with E-state index in [1.807, 2.05) is 32.0 Å². The van der Waals surface area contributed by atoms with Crippen LogP contribution in [0.3, 0.4) is 0 Å². The van der Waals surface area contributed by atoms with Crippen molar-refractivity contribution >= 4 is 40.9 Å². The molecule has 0 heterocycles. The molecule has 0 bridgehead atoms. The largest absolute Gasteiger partial charge is 0.465 e. The van der Waals surface area contributed by atoms with Gasteiger partial charge >= 0.3 is 5.97 Å². The topological polar surface area (TPSA) is 55.4 Å². The monoisotopic (exact) mass is 377 g/mol. The standard InChI is InChI=1S/C19H20ClNO3S/c1-12-16(20)8-5-9-17(12)21-18(22)13(2)25-11-14-6-4-7-15(10-14)19(23)24-3/h4-10,13H,11H2,1-3H3,(H,21,22). The zero-order valence-electron chi connectivity index (χ0n) is 14.3. The van der Waals surface area contributed by atoms with Crippen LogP contribution in [0.25, 0.3) is 0 Å². The van der Waals surface area contributed by atoms with Crippen molar-refractivity contribution in [3.63, 3.8) is 0 Å². The van der Waals surface area contributed by atoms with Gasteiger partial charge in [0, 0.05) is 16.5 Å².